The zero-order chi connectivity index (χ0) is 15.6. The molecule has 1 aromatic carbocycles. The summed E-state index contributed by atoms with van der Waals surface area (Å²) in [5, 5.41) is 0. The van der Waals surface area contributed by atoms with Crippen LogP contribution in [0.15, 0.2) is 17.0 Å². The molecule has 1 N–H and O–H groups in total. The lowest BCUT2D eigenvalue weighted by Gasteiger charge is -2.03. The van der Waals surface area contributed by atoms with E-state index in [-0.39, 0.29) is 0 Å². The Bertz CT molecular complexity index is 448. The molecule has 0 aliphatic heterocycles. The van der Waals surface area contributed by atoms with E-state index in [2.05, 4.69) is 13.8 Å². The molecule has 0 amide bonds. The van der Waals surface area contributed by atoms with Gasteiger partial charge in [-0.25, -0.2) is 8.78 Å². The van der Waals surface area contributed by atoms with Crippen LogP contribution in [0.5, 0.6) is 0 Å². The van der Waals surface area contributed by atoms with Gasteiger partial charge in [-0.05, 0) is 24.1 Å². The first-order valence-electron chi connectivity index (χ1n) is 6.23. The van der Waals surface area contributed by atoms with Gasteiger partial charge in [-0.3, -0.25) is 4.55 Å². The highest BCUT2D eigenvalue weighted by molar-refractivity contribution is 7.85. The minimum atomic E-state index is -4.84. The lowest BCUT2D eigenvalue weighted by atomic mass is 10.2. The van der Waals surface area contributed by atoms with Crippen molar-refractivity contribution < 1.29 is 21.8 Å². The summed E-state index contributed by atoms with van der Waals surface area (Å²) in [5.74, 6) is -2.55. The standard InChI is InChI=1S/C8H8F2O3S.C3H8.C2H6/c1-2-5-3-6(9)8(7(10)4-5)14(11,12)13;1-3-2;1-2/h3-4H,2H2,1H3,(H,11,12,13);3H2,1-2H3;1-2H3. The molecule has 0 aliphatic carbocycles. The predicted molar refractivity (Wildman–Crippen MR) is 72.9 cm³/mol. The van der Waals surface area contributed by atoms with Crippen LogP contribution in [0.25, 0.3) is 0 Å². The molecule has 0 unspecified atom stereocenters. The molecule has 0 atom stereocenters. The second kappa shape index (κ2) is 9.86. The molecule has 0 aromatic heterocycles. The number of rotatable bonds is 2. The smallest absolute Gasteiger partial charge is 0.282 e. The molecule has 0 bridgehead atoms. The van der Waals surface area contributed by atoms with Crippen LogP contribution in [-0.4, -0.2) is 13.0 Å². The van der Waals surface area contributed by atoms with Crippen molar-refractivity contribution in [3.63, 3.8) is 0 Å². The van der Waals surface area contributed by atoms with E-state index in [9.17, 15) is 17.2 Å². The average Bonchev–Trinajstić information content (AvgIpc) is 2.29. The Kier molecular flexibility index (Phi) is 10.5. The minimum absolute atomic E-state index is 0.326. The van der Waals surface area contributed by atoms with Gasteiger partial charge in [0.25, 0.3) is 10.1 Å². The fraction of sp³-hybridized carbons (Fsp3) is 0.538. The highest BCUT2D eigenvalue weighted by atomic mass is 32.2. The van der Waals surface area contributed by atoms with Gasteiger partial charge >= 0.3 is 0 Å². The van der Waals surface area contributed by atoms with Gasteiger partial charge in [-0.15, -0.1) is 0 Å². The van der Waals surface area contributed by atoms with Gasteiger partial charge in [0.1, 0.15) is 11.6 Å². The molecule has 0 heterocycles. The van der Waals surface area contributed by atoms with E-state index in [0.717, 1.165) is 12.1 Å². The number of hydrogen-bond donors (Lipinski definition) is 1. The van der Waals surface area contributed by atoms with Crippen LogP contribution in [-0.2, 0) is 16.5 Å². The van der Waals surface area contributed by atoms with Crippen molar-refractivity contribution >= 4 is 10.1 Å². The molecule has 0 spiro atoms. The molecule has 6 heteroatoms. The topological polar surface area (TPSA) is 54.4 Å². The average molecular weight is 296 g/mol. The Morgan fingerprint density at radius 3 is 1.58 bits per heavy atom. The van der Waals surface area contributed by atoms with E-state index in [4.69, 9.17) is 4.55 Å². The lowest BCUT2D eigenvalue weighted by Crippen LogP contribution is -2.06. The molecule has 0 saturated carbocycles. The summed E-state index contributed by atoms with van der Waals surface area (Å²) >= 11 is 0. The van der Waals surface area contributed by atoms with Crippen LogP contribution in [0.1, 0.15) is 46.6 Å². The Labute approximate surface area is 114 Å². The maximum absolute atomic E-state index is 13.0. The van der Waals surface area contributed by atoms with Crippen LogP contribution < -0.4 is 0 Å². The first-order valence-corrected chi connectivity index (χ1v) is 7.67. The third kappa shape index (κ3) is 7.22. The molecule has 0 radical (unpaired) electrons. The Morgan fingerprint density at radius 1 is 1.05 bits per heavy atom. The van der Waals surface area contributed by atoms with E-state index in [1.165, 1.54) is 6.42 Å². The molecule has 0 aliphatic rings. The molecule has 0 saturated heterocycles. The second-order valence-electron chi connectivity index (χ2n) is 3.42. The number of halogens is 2. The SMILES string of the molecule is CC.CCC.CCc1cc(F)c(S(=O)(=O)O)c(F)c1. The predicted octanol–water partition coefficient (Wildman–Crippen LogP) is 4.22. The summed E-state index contributed by atoms with van der Waals surface area (Å²) in [4.78, 5) is -1.30. The summed E-state index contributed by atoms with van der Waals surface area (Å²) < 4.78 is 55.6. The van der Waals surface area contributed by atoms with Gasteiger partial charge in [-0.1, -0.05) is 41.0 Å². The third-order valence-electron chi connectivity index (χ3n) is 1.72. The van der Waals surface area contributed by atoms with Gasteiger partial charge in [0.05, 0.1) is 0 Å². The van der Waals surface area contributed by atoms with Crippen LogP contribution in [0.3, 0.4) is 0 Å². The molecule has 1 aromatic rings. The van der Waals surface area contributed by atoms with Gasteiger partial charge in [-0.2, -0.15) is 8.42 Å². The Morgan fingerprint density at radius 2 is 1.37 bits per heavy atom. The molecule has 3 nitrogen and oxygen atoms in total. The van der Waals surface area contributed by atoms with Crippen molar-refractivity contribution in [3.05, 3.63) is 29.3 Å². The second-order valence-corrected chi connectivity index (χ2v) is 4.78. The zero-order valence-electron chi connectivity index (χ0n) is 12.0. The maximum atomic E-state index is 13.0. The first-order chi connectivity index (χ1) is 8.77. The zero-order valence-corrected chi connectivity index (χ0v) is 12.8. The molecular formula is C13H22F2O3S. The van der Waals surface area contributed by atoms with Crippen molar-refractivity contribution in [2.75, 3.05) is 0 Å². The summed E-state index contributed by atoms with van der Waals surface area (Å²) in [5.41, 5.74) is 0.326. The number of aryl methyl sites for hydroxylation is 1. The van der Waals surface area contributed by atoms with Gasteiger partial charge in [0.2, 0.25) is 0 Å². The summed E-state index contributed by atoms with van der Waals surface area (Å²) in [7, 11) is -4.84. The Balaban J connectivity index is 0. The highest BCUT2D eigenvalue weighted by Crippen LogP contribution is 2.20. The summed E-state index contributed by atoms with van der Waals surface area (Å²) in [6, 6.07) is 1.76. The molecular weight excluding hydrogens is 274 g/mol. The fourth-order valence-corrected chi connectivity index (χ4v) is 1.67. The first kappa shape index (κ1) is 20.3. The Hall–Kier alpha value is -1.01. The van der Waals surface area contributed by atoms with E-state index >= 15 is 0 Å². The molecule has 19 heavy (non-hydrogen) atoms. The van der Waals surface area contributed by atoms with Crippen LogP contribution in [0.4, 0.5) is 8.78 Å². The largest absolute Gasteiger partial charge is 0.300 e. The molecule has 112 valence electrons. The maximum Gasteiger partial charge on any atom is 0.300 e. The highest BCUT2D eigenvalue weighted by Gasteiger charge is 2.22. The molecule has 0 fully saturated rings. The number of benzene rings is 1. The van der Waals surface area contributed by atoms with Crippen molar-refractivity contribution in [3.8, 4) is 0 Å². The van der Waals surface area contributed by atoms with E-state index in [1.54, 1.807) is 6.92 Å². The van der Waals surface area contributed by atoms with Crippen molar-refractivity contribution in [1.82, 2.24) is 0 Å². The van der Waals surface area contributed by atoms with E-state index in [0.29, 0.717) is 12.0 Å². The molecule has 1 rings (SSSR count). The van der Waals surface area contributed by atoms with Crippen LogP contribution in [0.2, 0.25) is 0 Å². The minimum Gasteiger partial charge on any atom is -0.282 e. The van der Waals surface area contributed by atoms with Crippen molar-refractivity contribution in [1.29, 1.82) is 0 Å². The third-order valence-corrected chi connectivity index (χ3v) is 2.63. The fourth-order valence-electron chi connectivity index (χ4n) is 1.06. The van der Waals surface area contributed by atoms with Crippen LogP contribution in [0, 0.1) is 11.6 Å². The van der Waals surface area contributed by atoms with E-state index < -0.39 is 26.6 Å². The van der Waals surface area contributed by atoms with Gasteiger partial charge in [0, 0.05) is 0 Å². The summed E-state index contributed by atoms with van der Waals surface area (Å²) in [6.07, 6.45) is 1.62. The van der Waals surface area contributed by atoms with E-state index in [1.807, 2.05) is 13.8 Å². The van der Waals surface area contributed by atoms with Crippen LogP contribution >= 0.6 is 0 Å². The number of hydrogen-bond acceptors (Lipinski definition) is 2. The lowest BCUT2D eigenvalue weighted by molar-refractivity contribution is 0.456. The van der Waals surface area contributed by atoms with Crippen molar-refractivity contribution in [2.45, 2.75) is 52.4 Å². The van der Waals surface area contributed by atoms with Gasteiger partial charge in [0.15, 0.2) is 4.90 Å². The monoisotopic (exact) mass is 296 g/mol. The van der Waals surface area contributed by atoms with Gasteiger partial charge < -0.3 is 0 Å². The quantitative estimate of drug-likeness (QED) is 0.831. The van der Waals surface area contributed by atoms with Crippen molar-refractivity contribution in [2.24, 2.45) is 0 Å². The summed E-state index contributed by atoms with van der Waals surface area (Å²) in [6.45, 7) is 9.92. The normalized spacial score (nSPS) is 9.89.